The zero-order chi connectivity index (χ0) is 19.5. The second-order valence-corrected chi connectivity index (χ2v) is 6.98. The van der Waals surface area contributed by atoms with Crippen molar-refractivity contribution in [3.8, 4) is 0 Å². The first-order valence-electron chi connectivity index (χ1n) is 8.09. The van der Waals surface area contributed by atoms with Gasteiger partial charge in [-0.15, -0.1) is 0 Å². The molecule has 0 spiro atoms. The highest BCUT2D eigenvalue weighted by Crippen LogP contribution is 2.20. The number of anilines is 1. The molecule has 1 unspecified atom stereocenters. The Balaban J connectivity index is 2.02. The number of benzene rings is 1. The molecule has 0 aliphatic carbocycles. The lowest BCUT2D eigenvalue weighted by Crippen LogP contribution is -2.38. The summed E-state index contributed by atoms with van der Waals surface area (Å²) in [6, 6.07) is 6.85. The van der Waals surface area contributed by atoms with Crippen LogP contribution in [-0.4, -0.2) is 39.1 Å². The first kappa shape index (κ1) is 19.2. The molecule has 2 amide bonds. The molecule has 4 N–H and O–H groups in total. The fraction of sp³-hybridized carbons (Fsp3) is 0.333. The Hall–Kier alpha value is -3.16. The highest BCUT2D eigenvalue weighted by atomic mass is 16.4. The maximum atomic E-state index is 12.3. The number of carbonyl (C=O) groups is 3. The lowest BCUT2D eigenvalue weighted by Gasteiger charge is -2.14. The molecule has 8 heteroatoms. The van der Waals surface area contributed by atoms with Crippen LogP contribution >= 0.6 is 0 Å². The van der Waals surface area contributed by atoms with Crippen LogP contribution in [-0.2, 0) is 10.2 Å². The quantitative estimate of drug-likeness (QED) is 0.652. The van der Waals surface area contributed by atoms with Gasteiger partial charge in [-0.1, -0.05) is 20.8 Å². The largest absolute Gasteiger partial charge is 0.480 e. The third-order valence-electron chi connectivity index (χ3n) is 3.74. The number of rotatable bonds is 5. The molecule has 0 fully saturated rings. The van der Waals surface area contributed by atoms with E-state index in [1.807, 2.05) is 20.8 Å². The average molecular weight is 358 g/mol. The zero-order valence-corrected chi connectivity index (χ0v) is 15.1. The average Bonchev–Trinajstić information content (AvgIpc) is 3.05. The Morgan fingerprint density at radius 2 is 1.73 bits per heavy atom. The fourth-order valence-corrected chi connectivity index (χ4v) is 2.06. The summed E-state index contributed by atoms with van der Waals surface area (Å²) in [5, 5.41) is 20.7. The summed E-state index contributed by atoms with van der Waals surface area (Å²) in [7, 11) is 0. The number of H-pyrrole nitrogens is 1. The first-order valence-corrected chi connectivity index (χ1v) is 8.09. The highest BCUT2D eigenvalue weighted by Gasteiger charge is 2.19. The van der Waals surface area contributed by atoms with E-state index in [-0.39, 0.29) is 17.0 Å². The topological polar surface area (TPSA) is 124 Å². The zero-order valence-electron chi connectivity index (χ0n) is 15.1. The van der Waals surface area contributed by atoms with Crippen molar-refractivity contribution in [1.82, 2.24) is 15.5 Å². The van der Waals surface area contributed by atoms with Crippen LogP contribution < -0.4 is 10.6 Å². The standard InChI is InChI=1S/C18H22N4O4/c1-10(17(25)26)19-15(23)11-5-7-12(8-6-11)20-16(24)13-9-14(22-21-13)18(2,3)4/h5-10H,1-4H3,(H,19,23)(H,20,24)(H,21,22)(H,25,26). The second-order valence-electron chi connectivity index (χ2n) is 6.98. The van der Waals surface area contributed by atoms with Crippen molar-refractivity contribution in [2.75, 3.05) is 5.32 Å². The minimum absolute atomic E-state index is 0.145. The number of hydrogen-bond acceptors (Lipinski definition) is 4. The van der Waals surface area contributed by atoms with Crippen LogP contribution in [0.3, 0.4) is 0 Å². The maximum absolute atomic E-state index is 12.3. The van der Waals surface area contributed by atoms with E-state index in [0.717, 1.165) is 5.69 Å². The number of nitrogens with zero attached hydrogens (tertiary/aromatic N) is 1. The predicted octanol–water partition coefficient (Wildman–Crippen LogP) is 2.16. The van der Waals surface area contributed by atoms with Gasteiger partial charge in [-0.25, -0.2) is 0 Å². The number of carboxylic acid groups (broad SMARTS) is 1. The summed E-state index contributed by atoms with van der Waals surface area (Å²) in [5.41, 5.74) is 1.77. The third-order valence-corrected chi connectivity index (χ3v) is 3.74. The van der Waals surface area contributed by atoms with Gasteiger partial charge in [0.15, 0.2) is 5.69 Å². The van der Waals surface area contributed by atoms with E-state index >= 15 is 0 Å². The normalized spacial score (nSPS) is 12.3. The summed E-state index contributed by atoms with van der Waals surface area (Å²) in [4.78, 5) is 35.0. The number of amides is 2. The van der Waals surface area contributed by atoms with Crippen LogP contribution in [0.5, 0.6) is 0 Å². The van der Waals surface area contributed by atoms with E-state index in [2.05, 4.69) is 20.8 Å². The van der Waals surface area contributed by atoms with Crippen LogP contribution in [0.25, 0.3) is 0 Å². The van der Waals surface area contributed by atoms with Gasteiger partial charge in [0.2, 0.25) is 0 Å². The molecular formula is C18H22N4O4. The molecule has 2 aromatic rings. The van der Waals surface area contributed by atoms with Crippen LogP contribution in [0.15, 0.2) is 30.3 Å². The van der Waals surface area contributed by atoms with Gasteiger partial charge in [0.05, 0.1) is 0 Å². The molecular weight excluding hydrogens is 336 g/mol. The Bertz CT molecular complexity index is 818. The molecule has 0 aliphatic rings. The number of carbonyl (C=O) groups excluding carboxylic acids is 2. The van der Waals surface area contributed by atoms with Crippen molar-refractivity contribution in [1.29, 1.82) is 0 Å². The van der Waals surface area contributed by atoms with Gasteiger partial charge in [0, 0.05) is 22.4 Å². The summed E-state index contributed by atoms with van der Waals surface area (Å²) in [6.07, 6.45) is 0. The van der Waals surface area contributed by atoms with Gasteiger partial charge in [-0.2, -0.15) is 5.10 Å². The van der Waals surface area contributed by atoms with E-state index in [0.29, 0.717) is 11.3 Å². The van der Waals surface area contributed by atoms with Gasteiger partial charge < -0.3 is 15.7 Å². The number of aromatic amines is 1. The van der Waals surface area contributed by atoms with Crippen molar-refractivity contribution in [3.05, 3.63) is 47.3 Å². The molecule has 2 rings (SSSR count). The Labute approximate surface area is 151 Å². The Morgan fingerprint density at radius 3 is 2.23 bits per heavy atom. The number of nitrogens with one attached hydrogen (secondary N) is 3. The smallest absolute Gasteiger partial charge is 0.325 e. The van der Waals surface area contributed by atoms with Crippen LogP contribution in [0.4, 0.5) is 5.69 Å². The molecule has 1 aromatic carbocycles. The Kier molecular flexibility index (Phi) is 5.44. The lowest BCUT2D eigenvalue weighted by molar-refractivity contribution is -0.138. The van der Waals surface area contributed by atoms with Crippen LogP contribution in [0.1, 0.15) is 54.2 Å². The monoisotopic (exact) mass is 358 g/mol. The molecule has 26 heavy (non-hydrogen) atoms. The van der Waals surface area contributed by atoms with Crippen molar-refractivity contribution in [2.24, 2.45) is 0 Å². The number of hydrogen-bond donors (Lipinski definition) is 4. The van der Waals surface area contributed by atoms with Crippen molar-refractivity contribution < 1.29 is 19.5 Å². The summed E-state index contributed by atoms with van der Waals surface area (Å²) in [5.74, 6) is -1.98. The number of aliphatic carboxylic acids is 1. The van der Waals surface area contributed by atoms with E-state index in [4.69, 9.17) is 5.11 Å². The number of aromatic nitrogens is 2. The van der Waals surface area contributed by atoms with Crippen LogP contribution in [0.2, 0.25) is 0 Å². The van der Waals surface area contributed by atoms with E-state index in [1.54, 1.807) is 18.2 Å². The molecule has 0 aliphatic heterocycles. The minimum atomic E-state index is -1.11. The van der Waals surface area contributed by atoms with E-state index < -0.39 is 17.9 Å². The summed E-state index contributed by atoms with van der Waals surface area (Å²) >= 11 is 0. The molecule has 0 radical (unpaired) electrons. The van der Waals surface area contributed by atoms with Gasteiger partial charge in [0.25, 0.3) is 11.8 Å². The van der Waals surface area contributed by atoms with Gasteiger partial charge in [0.1, 0.15) is 6.04 Å². The Morgan fingerprint density at radius 1 is 1.12 bits per heavy atom. The predicted molar refractivity (Wildman–Crippen MR) is 96.2 cm³/mol. The minimum Gasteiger partial charge on any atom is -0.480 e. The third kappa shape index (κ3) is 4.69. The number of carboxylic acids is 1. The maximum Gasteiger partial charge on any atom is 0.325 e. The summed E-state index contributed by atoms with van der Waals surface area (Å²) in [6.45, 7) is 7.41. The molecule has 0 saturated carbocycles. The molecule has 1 heterocycles. The van der Waals surface area contributed by atoms with Crippen molar-refractivity contribution >= 4 is 23.5 Å². The molecule has 8 nitrogen and oxygen atoms in total. The molecule has 1 aromatic heterocycles. The molecule has 0 bridgehead atoms. The SMILES string of the molecule is CC(NC(=O)c1ccc(NC(=O)c2cc(C(C)(C)C)[nH]n2)cc1)C(=O)O. The van der Waals surface area contributed by atoms with Crippen LogP contribution in [0, 0.1) is 0 Å². The highest BCUT2D eigenvalue weighted by molar-refractivity contribution is 6.03. The molecule has 0 saturated heterocycles. The van der Waals surface area contributed by atoms with E-state index in [1.165, 1.54) is 19.1 Å². The molecule has 1 atom stereocenters. The molecule has 138 valence electrons. The van der Waals surface area contributed by atoms with Gasteiger partial charge >= 0.3 is 5.97 Å². The summed E-state index contributed by atoms with van der Waals surface area (Å²) < 4.78 is 0. The van der Waals surface area contributed by atoms with Crippen molar-refractivity contribution in [2.45, 2.75) is 39.2 Å². The second kappa shape index (κ2) is 7.38. The van der Waals surface area contributed by atoms with Gasteiger partial charge in [-0.05, 0) is 37.3 Å². The lowest BCUT2D eigenvalue weighted by atomic mass is 9.92. The fourth-order valence-electron chi connectivity index (χ4n) is 2.06. The van der Waals surface area contributed by atoms with E-state index in [9.17, 15) is 14.4 Å². The van der Waals surface area contributed by atoms with Crippen molar-refractivity contribution in [3.63, 3.8) is 0 Å². The van der Waals surface area contributed by atoms with Gasteiger partial charge in [-0.3, -0.25) is 19.5 Å². The first-order chi connectivity index (χ1) is 12.1.